The summed E-state index contributed by atoms with van der Waals surface area (Å²) in [5.41, 5.74) is 4.88. The third-order valence-electron chi connectivity index (χ3n) is 5.78. The number of carbonyl (C=O) groups excluding carboxylic acids is 1. The smallest absolute Gasteiger partial charge is 0.410 e. The average molecular weight is 377 g/mol. The zero-order chi connectivity index (χ0) is 19.5. The predicted molar refractivity (Wildman–Crippen MR) is 113 cm³/mol. The summed E-state index contributed by atoms with van der Waals surface area (Å²) in [6.45, 7) is 0.329. The van der Waals surface area contributed by atoms with Crippen molar-refractivity contribution in [2.45, 2.75) is 44.4 Å². The first kappa shape index (κ1) is 18.6. The molecule has 28 heavy (non-hydrogen) atoms. The van der Waals surface area contributed by atoms with E-state index in [9.17, 15) is 4.79 Å². The molecule has 1 amide bonds. The van der Waals surface area contributed by atoms with E-state index >= 15 is 0 Å². The largest absolute Gasteiger partial charge is 0.445 e. The van der Waals surface area contributed by atoms with Crippen molar-refractivity contribution in [2.24, 2.45) is 0 Å². The Labute approximate surface area is 167 Å². The second-order valence-electron chi connectivity index (χ2n) is 7.91. The van der Waals surface area contributed by atoms with Crippen molar-refractivity contribution >= 4 is 17.4 Å². The molecule has 2 aliphatic rings. The Bertz CT molecular complexity index is 860. The van der Waals surface area contributed by atoms with Crippen molar-refractivity contribution in [1.29, 1.82) is 0 Å². The second kappa shape index (κ2) is 8.09. The van der Waals surface area contributed by atoms with Gasteiger partial charge in [-0.25, -0.2) is 4.79 Å². The average Bonchev–Trinajstić information content (AvgIpc) is 2.71. The summed E-state index contributed by atoms with van der Waals surface area (Å²) in [5.74, 6) is 0. The molecule has 2 aromatic carbocycles. The lowest BCUT2D eigenvalue weighted by Gasteiger charge is -2.44. The predicted octanol–water partition coefficient (Wildman–Crippen LogP) is 5.10. The maximum absolute atomic E-state index is 12.9. The standard InChI is InChI=1S/C24H28N2O2/c1-25(2)23-14-7-6-13-22(23)19-15-20-11-8-12-21(16-19)26(20)24(27)28-17-18-9-4-3-5-10-18/h3-7,9-10,13-15,20-21H,8,11-12,16-17H2,1-2H3. The SMILES string of the molecule is CN(C)c1ccccc1C1=CC2CCCC(C1)N2C(=O)OCc1ccccc1. The maximum Gasteiger partial charge on any atom is 0.410 e. The van der Waals surface area contributed by atoms with Crippen molar-refractivity contribution in [3.63, 3.8) is 0 Å². The second-order valence-corrected chi connectivity index (χ2v) is 7.91. The molecule has 1 saturated heterocycles. The van der Waals surface area contributed by atoms with E-state index in [1.165, 1.54) is 16.8 Å². The van der Waals surface area contributed by atoms with Crippen LogP contribution in [0.5, 0.6) is 0 Å². The van der Waals surface area contributed by atoms with Gasteiger partial charge in [-0.15, -0.1) is 0 Å². The molecule has 2 aliphatic heterocycles. The first-order valence-corrected chi connectivity index (χ1v) is 10.1. The highest BCUT2D eigenvalue weighted by Gasteiger charge is 2.38. The molecule has 2 atom stereocenters. The van der Waals surface area contributed by atoms with E-state index in [0.29, 0.717) is 6.61 Å². The van der Waals surface area contributed by atoms with E-state index in [-0.39, 0.29) is 18.2 Å². The highest BCUT2D eigenvalue weighted by molar-refractivity contribution is 5.80. The van der Waals surface area contributed by atoms with Crippen LogP contribution in [0.4, 0.5) is 10.5 Å². The van der Waals surface area contributed by atoms with Gasteiger partial charge >= 0.3 is 6.09 Å². The van der Waals surface area contributed by atoms with Gasteiger partial charge in [0.15, 0.2) is 0 Å². The summed E-state index contributed by atoms with van der Waals surface area (Å²) in [6, 6.07) is 18.8. The van der Waals surface area contributed by atoms with Gasteiger partial charge < -0.3 is 9.64 Å². The number of anilines is 1. The van der Waals surface area contributed by atoms with Gasteiger partial charge in [0.25, 0.3) is 0 Å². The number of carbonyl (C=O) groups is 1. The number of benzene rings is 2. The van der Waals surface area contributed by atoms with Gasteiger partial charge in [0.2, 0.25) is 0 Å². The number of hydrogen-bond donors (Lipinski definition) is 0. The number of piperidine rings is 1. The minimum atomic E-state index is -0.185. The number of para-hydroxylation sites is 1. The zero-order valence-electron chi connectivity index (χ0n) is 16.7. The molecule has 4 rings (SSSR count). The Morgan fingerprint density at radius 3 is 2.57 bits per heavy atom. The van der Waals surface area contributed by atoms with Gasteiger partial charge in [-0.1, -0.05) is 54.6 Å². The Balaban J connectivity index is 1.54. The fourth-order valence-electron chi connectivity index (χ4n) is 4.44. The van der Waals surface area contributed by atoms with Crippen LogP contribution < -0.4 is 4.90 Å². The van der Waals surface area contributed by atoms with Crippen molar-refractivity contribution in [2.75, 3.05) is 19.0 Å². The molecule has 2 unspecified atom stereocenters. The van der Waals surface area contributed by atoms with E-state index in [1.54, 1.807) is 0 Å². The van der Waals surface area contributed by atoms with Crippen LogP contribution in [-0.2, 0) is 11.3 Å². The summed E-state index contributed by atoms with van der Waals surface area (Å²) >= 11 is 0. The van der Waals surface area contributed by atoms with E-state index in [4.69, 9.17) is 4.74 Å². The van der Waals surface area contributed by atoms with Gasteiger partial charge in [0.05, 0.1) is 6.04 Å². The Morgan fingerprint density at radius 2 is 1.82 bits per heavy atom. The molecular weight excluding hydrogens is 348 g/mol. The summed E-state index contributed by atoms with van der Waals surface area (Å²) < 4.78 is 5.66. The lowest BCUT2D eigenvalue weighted by molar-refractivity contribution is 0.0510. The Hall–Kier alpha value is -2.75. The van der Waals surface area contributed by atoms with Crippen LogP contribution in [0.15, 0.2) is 60.7 Å². The minimum absolute atomic E-state index is 0.126. The van der Waals surface area contributed by atoms with Crippen LogP contribution in [0.25, 0.3) is 5.57 Å². The van der Waals surface area contributed by atoms with E-state index < -0.39 is 0 Å². The van der Waals surface area contributed by atoms with Crippen molar-refractivity contribution < 1.29 is 9.53 Å². The van der Waals surface area contributed by atoms with Crippen LogP contribution in [0, 0.1) is 0 Å². The molecule has 2 heterocycles. The van der Waals surface area contributed by atoms with Crippen LogP contribution in [-0.4, -0.2) is 37.2 Å². The number of amides is 1. The monoisotopic (exact) mass is 376 g/mol. The quantitative estimate of drug-likeness (QED) is 0.744. The van der Waals surface area contributed by atoms with Crippen LogP contribution in [0.2, 0.25) is 0 Å². The number of hydrogen-bond acceptors (Lipinski definition) is 3. The molecule has 0 spiro atoms. The van der Waals surface area contributed by atoms with Crippen molar-refractivity contribution in [3.05, 3.63) is 71.8 Å². The molecule has 0 aromatic heterocycles. The number of nitrogens with zero attached hydrogens (tertiary/aromatic N) is 2. The number of ether oxygens (including phenoxy) is 1. The van der Waals surface area contributed by atoms with Crippen molar-refractivity contribution in [1.82, 2.24) is 4.90 Å². The molecule has 0 saturated carbocycles. The summed E-state index contributed by atoms with van der Waals surface area (Å²) in [4.78, 5) is 17.0. The molecule has 0 N–H and O–H groups in total. The van der Waals surface area contributed by atoms with Crippen LogP contribution >= 0.6 is 0 Å². The molecule has 0 radical (unpaired) electrons. The van der Waals surface area contributed by atoms with E-state index in [1.807, 2.05) is 35.2 Å². The van der Waals surface area contributed by atoms with E-state index in [0.717, 1.165) is 31.2 Å². The van der Waals surface area contributed by atoms with Gasteiger partial charge in [-0.2, -0.15) is 0 Å². The zero-order valence-corrected chi connectivity index (χ0v) is 16.7. The molecule has 2 bridgehead atoms. The lowest BCUT2D eigenvalue weighted by atomic mass is 9.82. The molecule has 1 fully saturated rings. The van der Waals surface area contributed by atoms with E-state index in [2.05, 4.69) is 49.3 Å². The van der Waals surface area contributed by atoms with Gasteiger partial charge in [-0.05, 0) is 42.9 Å². The van der Waals surface area contributed by atoms with Crippen LogP contribution in [0.3, 0.4) is 0 Å². The number of rotatable bonds is 4. The fraction of sp³-hybridized carbons (Fsp3) is 0.375. The van der Waals surface area contributed by atoms with Crippen LogP contribution in [0.1, 0.15) is 36.8 Å². The normalized spacial score (nSPS) is 21.1. The molecule has 4 nitrogen and oxygen atoms in total. The molecule has 146 valence electrons. The molecule has 2 aromatic rings. The van der Waals surface area contributed by atoms with Gasteiger partial charge in [-0.3, -0.25) is 4.90 Å². The maximum atomic E-state index is 12.9. The van der Waals surface area contributed by atoms with Gasteiger partial charge in [0.1, 0.15) is 6.61 Å². The fourth-order valence-corrected chi connectivity index (χ4v) is 4.44. The summed E-state index contributed by atoms with van der Waals surface area (Å²) in [6.07, 6.45) is 6.21. The minimum Gasteiger partial charge on any atom is -0.445 e. The lowest BCUT2D eigenvalue weighted by Crippen LogP contribution is -2.51. The Morgan fingerprint density at radius 1 is 1.07 bits per heavy atom. The van der Waals surface area contributed by atoms with Crippen molar-refractivity contribution in [3.8, 4) is 0 Å². The molecular formula is C24H28N2O2. The number of fused-ring (bicyclic) bond motifs is 2. The first-order chi connectivity index (χ1) is 13.6. The first-order valence-electron chi connectivity index (χ1n) is 10.1. The third kappa shape index (κ3) is 3.77. The Kier molecular flexibility index (Phi) is 5.38. The molecule has 0 aliphatic carbocycles. The topological polar surface area (TPSA) is 32.8 Å². The highest BCUT2D eigenvalue weighted by Crippen LogP contribution is 2.39. The highest BCUT2D eigenvalue weighted by atomic mass is 16.6. The summed E-state index contributed by atoms with van der Waals surface area (Å²) in [7, 11) is 4.16. The molecule has 4 heteroatoms. The summed E-state index contributed by atoms with van der Waals surface area (Å²) in [5, 5.41) is 0. The van der Waals surface area contributed by atoms with Gasteiger partial charge in [0, 0.05) is 31.4 Å². The third-order valence-corrected chi connectivity index (χ3v) is 5.78.